The van der Waals surface area contributed by atoms with Crippen LogP contribution in [0.3, 0.4) is 0 Å². The number of nitrogens with one attached hydrogen (secondary N) is 2. The standard InChI is InChI=1S/C14H13BrN2O2S/c15-9-5-6-20-13(9)8-17-14(18)12-7-16-10-3-1-2-4-11(10)19-12/h1-6,12,16H,7-8H2,(H,17,18). The van der Waals surface area contributed by atoms with Gasteiger partial charge in [0.25, 0.3) is 5.91 Å². The van der Waals surface area contributed by atoms with E-state index in [0.717, 1.165) is 20.8 Å². The molecule has 6 heteroatoms. The molecule has 4 nitrogen and oxygen atoms in total. The van der Waals surface area contributed by atoms with E-state index in [2.05, 4.69) is 26.6 Å². The van der Waals surface area contributed by atoms with Gasteiger partial charge in [0.1, 0.15) is 5.75 Å². The summed E-state index contributed by atoms with van der Waals surface area (Å²) >= 11 is 5.06. The average molecular weight is 353 g/mol. The number of anilines is 1. The molecule has 0 bridgehead atoms. The molecule has 2 heterocycles. The number of halogens is 1. The van der Waals surface area contributed by atoms with Gasteiger partial charge < -0.3 is 15.4 Å². The van der Waals surface area contributed by atoms with Gasteiger partial charge in [0, 0.05) is 9.35 Å². The maximum atomic E-state index is 12.1. The molecule has 1 atom stereocenters. The maximum Gasteiger partial charge on any atom is 0.263 e. The van der Waals surface area contributed by atoms with Crippen LogP contribution in [-0.4, -0.2) is 18.6 Å². The number of fused-ring (bicyclic) bond motifs is 1. The number of hydrogen-bond donors (Lipinski definition) is 2. The Morgan fingerprint density at radius 2 is 2.30 bits per heavy atom. The third kappa shape index (κ3) is 2.81. The van der Waals surface area contributed by atoms with E-state index in [1.807, 2.05) is 35.7 Å². The highest BCUT2D eigenvalue weighted by Crippen LogP contribution is 2.28. The molecule has 1 amide bonds. The predicted molar refractivity (Wildman–Crippen MR) is 83.2 cm³/mol. The van der Waals surface area contributed by atoms with Gasteiger partial charge in [-0.25, -0.2) is 0 Å². The minimum atomic E-state index is -0.497. The highest BCUT2D eigenvalue weighted by atomic mass is 79.9. The van der Waals surface area contributed by atoms with Crippen molar-refractivity contribution in [3.8, 4) is 5.75 Å². The van der Waals surface area contributed by atoms with Gasteiger partial charge in [-0.2, -0.15) is 0 Å². The summed E-state index contributed by atoms with van der Waals surface area (Å²) in [6.45, 7) is 0.993. The van der Waals surface area contributed by atoms with Gasteiger partial charge in [0.2, 0.25) is 0 Å². The normalized spacial score (nSPS) is 16.8. The van der Waals surface area contributed by atoms with Crippen molar-refractivity contribution >= 4 is 38.9 Å². The number of para-hydroxylation sites is 2. The summed E-state index contributed by atoms with van der Waals surface area (Å²) in [5.41, 5.74) is 0.928. The zero-order chi connectivity index (χ0) is 13.9. The second-order valence-electron chi connectivity index (χ2n) is 4.39. The Morgan fingerprint density at radius 1 is 1.45 bits per heavy atom. The van der Waals surface area contributed by atoms with Gasteiger partial charge in [-0.1, -0.05) is 12.1 Å². The van der Waals surface area contributed by atoms with Crippen molar-refractivity contribution < 1.29 is 9.53 Å². The summed E-state index contributed by atoms with van der Waals surface area (Å²) in [5, 5.41) is 8.10. The molecule has 1 aliphatic heterocycles. The predicted octanol–water partition coefficient (Wildman–Crippen LogP) is 3.00. The molecule has 0 saturated heterocycles. The van der Waals surface area contributed by atoms with Crippen LogP contribution in [0.2, 0.25) is 0 Å². The van der Waals surface area contributed by atoms with E-state index in [9.17, 15) is 4.79 Å². The molecule has 104 valence electrons. The van der Waals surface area contributed by atoms with Gasteiger partial charge in [-0.05, 0) is 39.5 Å². The number of hydrogen-bond acceptors (Lipinski definition) is 4. The first kappa shape index (κ1) is 13.5. The van der Waals surface area contributed by atoms with Crippen molar-refractivity contribution in [2.45, 2.75) is 12.6 Å². The van der Waals surface area contributed by atoms with Crippen LogP contribution in [0.15, 0.2) is 40.2 Å². The van der Waals surface area contributed by atoms with Crippen molar-refractivity contribution in [3.63, 3.8) is 0 Å². The third-order valence-electron chi connectivity index (χ3n) is 3.04. The number of carbonyl (C=O) groups is 1. The van der Waals surface area contributed by atoms with Gasteiger partial charge in [0.15, 0.2) is 6.10 Å². The van der Waals surface area contributed by atoms with Crippen molar-refractivity contribution in [2.24, 2.45) is 0 Å². The molecule has 3 rings (SSSR count). The quantitative estimate of drug-likeness (QED) is 0.892. The molecule has 1 unspecified atom stereocenters. The first-order valence-corrected chi connectivity index (χ1v) is 7.90. The molecule has 0 fully saturated rings. The lowest BCUT2D eigenvalue weighted by molar-refractivity contribution is -0.127. The molecule has 1 aromatic heterocycles. The fourth-order valence-corrected chi connectivity index (χ4v) is 3.42. The average Bonchev–Trinajstić information content (AvgIpc) is 2.89. The third-order valence-corrected chi connectivity index (χ3v) is 4.97. The van der Waals surface area contributed by atoms with E-state index in [1.165, 1.54) is 0 Å². The number of benzene rings is 1. The second kappa shape index (κ2) is 5.85. The molecule has 2 N–H and O–H groups in total. The topological polar surface area (TPSA) is 50.4 Å². The van der Waals surface area contributed by atoms with Crippen LogP contribution in [-0.2, 0) is 11.3 Å². The van der Waals surface area contributed by atoms with E-state index >= 15 is 0 Å². The summed E-state index contributed by atoms with van der Waals surface area (Å²) in [4.78, 5) is 13.2. The summed E-state index contributed by atoms with van der Waals surface area (Å²) in [5.74, 6) is 0.614. The lowest BCUT2D eigenvalue weighted by Gasteiger charge is -2.26. The molecule has 20 heavy (non-hydrogen) atoms. The molecule has 1 aromatic carbocycles. The Bertz CT molecular complexity index is 629. The van der Waals surface area contributed by atoms with Crippen molar-refractivity contribution in [1.29, 1.82) is 0 Å². The molecular formula is C14H13BrN2O2S. The smallest absolute Gasteiger partial charge is 0.263 e. The van der Waals surface area contributed by atoms with Crippen molar-refractivity contribution in [2.75, 3.05) is 11.9 Å². The van der Waals surface area contributed by atoms with Crippen LogP contribution in [0, 0.1) is 0 Å². The molecule has 0 aliphatic carbocycles. The fraction of sp³-hybridized carbons (Fsp3) is 0.214. The van der Waals surface area contributed by atoms with Crippen LogP contribution in [0.1, 0.15) is 4.88 Å². The number of thiophene rings is 1. The molecule has 0 saturated carbocycles. The van der Waals surface area contributed by atoms with Crippen LogP contribution < -0.4 is 15.4 Å². The van der Waals surface area contributed by atoms with E-state index in [0.29, 0.717) is 13.1 Å². The zero-order valence-corrected chi connectivity index (χ0v) is 13.0. The van der Waals surface area contributed by atoms with Crippen molar-refractivity contribution in [3.05, 3.63) is 45.1 Å². The van der Waals surface area contributed by atoms with Crippen molar-refractivity contribution in [1.82, 2.24) is 5.32 Å². The van der Waals surface area contributed by atoms with E-state index in [1.54, 1.807) is 11.3 Å². The maximum absolute atomic E-state index is 12.1. The Kier molecular flexibility index (Phi) is 3.93. The summed E-state index contributed by atoms with van der Waals surface area (Å²) in [6, 6.07) is 9.60. The van der Waals surface area contributed by atoms with E-state index in [-0.39, 0.29) is 5.91 Å². The minimum absolute atomic E-state index is 0.104. The number of rotatable bonds is 3. The van der Waals surface area contributed by atoms with Gasteiger partial charge in [0.05, 0.1) is 18.8 Å². The molecular weight excluding hydrogens is 340 g/mol. The van der Waals surface area contributed by atoms with Gasteiger partial charge in [-0.15, -0.1) is 11.3 Å². The largest absolute Gasteiger partial charge is 0.477 e. The lowest BCUT2D eigenvalue weighted by atomic mass is 10.2. The minimum Gasteiger partial charge on any atom is -0.477 e. The number of carbonyl (C=O) groups excluding carboxylic acids is 1. The van der Waals surface area contributed by atoms with Crippen LogP contribution in [0.25, 0.3) is 0 Å². The lowest BCUT2D eigenvalue weighted by Crippen LogP contribution is -2.44. The molecule has 2 aromatic rings. The summed E-state index contributed by atoms with van der Waals surface area (Å²) in [6.07, 6.45) is -0.497. The molecule has 0 spiro atoms. The van der Waals surface area contributed by atoms with Crippen LogP contribution in [0.4, 0.5) is 5.69 Å². The number of amides is 1. The van der Waals surface area contributed by atoms with Crippen LogP contribution in [0.5, 0.6) is 5.75 Å². The zero-order valence-electron chi connectivity index (χ0n) is 10.6. The Morgan fingerprint density at radius 3 is 3.10 bits per heavy atom. The Hall–Kier alpha value is -1.53. The first-order chi connectivity index (χ1) is 9.74. The van der Waals surface area contributed by atoms with E-state index in [4.69, 9.17) is 4.74 Å². The SMILES string of the molecule is O=C(NCc1sccc1Br)C1CNc2ccccc2O1. The second-order valence-corrected chi connectivity index (χ2v) is 6.25. The molecule has 1 aliphatic rings. The van der Waals surface area contributed by atoms with Gasteiger partial charge >= 0.3 is 0 Å². The van der Waals surface area contributed by atoms with Gasteiger partial charge in [-0.3, -0.25) is 4.79 Å². The van der Waals surface area contributed by atoms with E-state index < -0.39 is 6.10 Å². The Labute approximate surface area is 129 Å². The number of ether oxygens (including phenoxy) is 1. The summed E-state index contributed by atoms with van der Waals surface area (Å²) < 4.78 is 6.73. The highest BCUT2D eigenvalue weighted by Gasteiger charge is 2.25. The Balaban J connectivity index is 1.60. The molecule has 0 radical (unpaired) electrons. The van der Waals surface area contributed by atoms with Crippen LogP contribution >= 0.6 is 27.3 Å². The monoisotopic (exact) mass is 352 g/mol. The summed E-state index contributed by atoms with van der Waals surface area (Å²) in [7, 11) is 0. The fourth-order valence-electron chi connectivity index (χ4n) is 1.99. The first-order valence-electron chi connectivity index (χ1n) is 6.23. The highest BCUT2D eigenvalue weighted by molar-refractivity contribution is 9.10.